The molecular formula is C14H22FNO3. The first kappa shape index (κ1) is 15.7. The molecule has 0 spiro atoms. The van der Waals surface area contributed by atoms with Gasteiger partial charge in [0.05, 0.1) is 31.1 Å². The summed E-state index contributed by atoms with van der Waals surface area (Å²) in [4.78, 5) is 0. The molecule has 2 N–H and O–H groups in total. The zero-order chi connectivity index (χ0) is 14.5. The Morgan fingerprint density at radius 2 is 2.05 bits per heavy atom. The van der Waals surface area contributed by atoms with E-state index in [4.69, 9.17) is 9.47 Å². The highest BCUT2D eigenvalue weighted by atomic mass is 19.1. The molecule has 0 aliphatic heterocycles. The Kier molecular flexibility index (Phi) is 5.57. The van der Waals surface area contributed by atoms with Crippen molar-refractivity contribution in [3.63, 3.8) is 0 Å². The van der Waals surface area contributed by atoms with Crippen molar-refractivity contribution >= 4 is 5.69 Å². The summed E-state index contributed by atoms with van der Waals surface area (Å²) < 4.78 is 23.5. The minimum atomic E-state index is -0.644. The number of hydrogen-bond acceptors (Lipinski definition) is 4. The zero-order valence-electron chi connectivity index (χ0n) is 11.9. The summed E-state index contributed by atoms with van der Waals surface area (Å²) in [5, 5.41) is 12.8. The van der Waals surface area contributed by atoms with Gasteiger partial charge >= 0.3 is 0 Å². The Labute approximate surface area is 113 Å². The van der Waals surface area contributed by atoms with Crippen molar-refractivity contribution in [3.8, 4) is 5.75 Å². The molecule has 0 saturated carbocycles. The second kappa shape index (κ2) is 6.73. The SMILES string of the molecule is COc1cc(F)ccc1NCC(O)COC(C)(C)C. The van der Waals surface area contributed by atoms with Crippen LogP contribution in [0, 0.1) is 5.82 Å². The normalized spacial score (nSPS) is 13.2. The summed E-state index contributed by atoms with van der Waals surface area (Å²) in [5.74, 6) is 0.0444. The molecule has 108 valence electrons. The summed E-state index contributed by atoms with van der Waals surface area (Å²) >= 11 is 0. The number of halogens is 1. The Bertz CT molecular complexity index is 404. The predicted molar refractivity (Wildman–Crippen MR) is 73.2 cm³/mol. The van der Waals surface area contributed by atoms with Gasteiger partial charge in [0, 0.05) is 12.6 Å². The van der Waals surface area contributed by atoms with E-state index >= 15 is 0 Å². The van der Waals surface area contributed by atoms with E-state index in [1.54, 1.807) is 6.07 Å². The number of nitrogens with one attached hydrogen (secondary N) is 1. The number of anilines is 1. The monoisotopic (exact) mass is 271 g/mol. The van der Waals surface area contributed by atoms with Gasteiger partial charge in [-0.05, 0) is 32.9 Å². The van der Waals surface area contributed by atoms with E-state index in [0.29, 0.717) is 18.0 Å². The zero-order valence-corrected chi connectivity index (χ0v) is 11.9. The molecule has 1 atom stereocenters. The molecule has 1 unspecified atom stereocenters. The summed E-state index contributed by atoms with van der Waals surface area (Å²) in [7, 11) is 1.47. The quantitative estimate of drug-likeness (QED) is 0.834. The minimum absolute atomic E-state index is 0.236. The van der Waals surface area contributed by atoms with Crippen LogP contribution in [0.3, 0.4) is 0 Å². The molecule has 4 nitrogen and oxygen atoms in total. The van der Waals surface area contributed by atoms with Crippen LogP contribution >= 0.6 is 0 Å². The van der Waals surface area contributed by atoms with Crippen molar-refractivity contribution in [2.45, 2.75) is 32.5 Å². The molecule has 0 saturated heterocycles. The molecule has 0 amide bonds. The maximum absolute atomic E-state index is 13.0. The first-order valence-corrected chi connectivity index (χ1v) is 6.21. The van der Waals surface area contributed by atoms with E-state index in [9.17, 15) is 9.50 Å². The van der Waals surface area contributed by atoms with Gasteiger partial charge in [0.15, 0.2) is 0 Å². The van der Waals surface area contributed by atoms with Gasteiger partial charge in [-0.25, -0.2) is 4.39 Å². The number of hydrogen-bond donors (Lipinski definition) is 2. The van der Waals surface area contributed by atoms with Crippen LogP contribution < -0.4 is 10.1 Å². The Balaban J connectivity index is 2.48. The second-order valence-corrected chi connectivity index (χ2v) is 5.30. The molecule has 0 bridgehead atoms. The lowest BCUT2D eigenvalue weighted by Gasteiger charge is -2.22. The number of ether oxygens (including phenoxy) is 2. The molecule has 1 aromatic rings. The highest BCUT2D eigenvalue weighted by Gasteiger charge is 2.14. The molecule has 0 aromatic heterocycles. The lowest BCUT2D eigenvalue weighted by molar-refractivity contribution is -0.0449. The molecule has 0 aliphatic rings. The van der Waals surface area contributed by atoms with Crippen LogP contribution in [0.4, 0.5) is 10.1 Å². The van der Waals surface area contributed by atoms with Crippen molar-refractivity contribution < 1.29 is 19.0 Å². The number of rotatable bonds is 6. The van der Waals surface area contributed by atoms with Gasteiger partial charge in [-0.15, -0.1) is 0 Å². The fraction of sp³-hybridized carbons (Fsp3) is 0.571. The lowest BCUT2D eigenvalue weighted by Crippen LogP contribution is -2.30. The van der Waals surface area contributed by atoms with E-state index in [0.717, 1.165) is 0 Å². The number of benzene rings is 1. The average molecular weight is 271 g/mol. The number of aliphatic hydroxyl groups excluding tert-OH is 1. The summed E-state index contributed by atoms with van der Waals surface area (Å²) in [5.41, 5.74) is 0.355. The Morgan fingerprint density at radius 1 is 1.37 bits per heavy atom. The van der Waals surface area contributed by atoms with Crippen molar-refractivity contribution in [1.82, 2.24) is 0 Å². The highest BCUT2D eigenvalue weighted by molar-refractivity contribution is 5.56. The van der Waals surface area contributed by atoms with E-state index in [-0.39, 0.29) is 18.0 Å². The second-order valence-electron chi connectivity index (χ2n) is 5.30. The van der Waals surface area contributed by atoms with Gasteiger partial charge in [0.2, 0.25) is 0 Å². The Morgan fingerprint density at radius 3 is 2.63 bits per heavy atom. The van der Waals surface area contributed by atoms with Gasteiger partial charge in [0.1, 0.15) is 11.6 Å². The van der Waals surface area contributed by atoms with E-state index < -0.39 is 6.10 Å². The van der Waals surface area contributed by atoms with Gasteiger partial charge < -0.3 is 19.9 Å². The van der Waals surface area contributed by atoms with Crippen LogP contribution in [0.25, 0.3) is 0 Å². The summed E-state index contributed by atoms with van der Waals surface area (Å²) in [6.07, 6.45) is -0.644. The van der Waals surface area contributed by atoms with Crippen LogP contribution in [-0.2, 0) is 4.74 Å². The third-order valence-corrected chi connectivity index (χ3v) is 2.40. The van der Waals surface area contributed by atoms with Crippen LogP contribution in [-0.4, -0.2) is 37.1 Å². The molecule has 0 radical (unpaired) electrons. The van der Waals surface area contributed by atoms with Crippen molar-refractivity contribution in [2.75, 3.05) is 25.6 Å². The minimum Gasteiger partial charge on any atom is -0.494 e. The average Bonchev–Trinajstić information content (AvgIpc) is 2.33. The van der Waals surface area contributed by atoms with Gasteiger partial charge in [-0.2, -0.15) is 0 Å². The van der Waals surface area contributed by atoms with Crippen LogP contribution in [0.15, 0.2) is 18.2 Å². The van der Waals surface area contributed by atoms with E-state index in [1.165, 1.54) is 19.2 Å². The molecule has 19 heavy (non-hydrogen) atoms. The van der Waals surface area contributed by atoms with Gasteiger partial charge in [0.25, 0.3) is 0 Å². The maximum atomic E-state index is 13.0. The fourth-order valence-electron chi connectivity index (χ4n) is 1.44. The standard InChI is InChI=1S/C14H22FNO3/c1-14(2,3)19-9-11(17)8-16-12-6-5-10(15)7-13(12)18-4/h5-7,11,16-17H,8-9H2,1-4H3. The summed E-state index contributed by atoms with van der Waals surface area (Å²) in [6, 6.07) is 4.20. The smallest absolute Gasteiger partial charge is 0.144 e. The molecule has 5 heteroatoms. The van der Waals surface area contributed by atoms with Gasteiger partial charge in [-0.3, -0.25) is 0 Å². The van der Waals surface area contributed by atoms with Gasteiger partial charge in [-0.1, -0.05) is 0 Å². The molecule has 0 aliphatic carbocycles. The molecule has 1 rings (SSSR count). The third-order valence-electron chi connectivity index (χ3n) is 2.40. The van der Waals surface area contributed by atoms with Crippen LogP contribution in [0.2, 0.25) is 0 Å². The molecular weight excluding hydrogens is 249 g/mol. The number of aliphatic hydroxyl groups is 1. The first-order valence-electron chi connectivity index (χ1n) is 6.21. The lowest BCUT2D eigenvalue weighted by atomic mass is 10.2. The summed E-state index contributed by atoms with van der Waals surface area (Å²) in [6.45, 7) is 6.32. The van der Waals surface area contributed by atoms with Crippen LogP contribution in [0.5, 0.6) is 5.75 Å². The maximum Gasteiger partial charge on any atom is 0.144 e. The molecule has 0 heterocycles. The Hall–Kier alpha value is -1.33. The molecule has 1 aromatic carbocycles. The number of methoxy groups -OCH3 is 1. The largest absolute Gasteiger partial charge is 0.494 e. The third kappa shape index (κ3) is 5.89. The molecule has 0 fully saturated rings. The van der Waals surface area contributed by atoms with Crippen molar-refractivity contribution in [3.05, 3.63) is 24.0 Å². The van der Waals surface area contributed by atoms with Crippen molar-refractivity contribution in [2.24, 2.45) is 0 Å². The topological polar surface area (TPSA) is 50.7 Å². The fourth-order valence-corrected chi connectivity index (χ4v) is 1.44. The van der Waals surface area contributed by atoms with Crippen molar-refractivity contribution in [1.29, 1.82) is 0 Å². The van der Waals surface area contributed by atoms with E-state index in [1.807, 2.05) is 20.8 Å². The predicted octanol–water partition coefficient (Wildman–Crippen LogP) is 2.42. The first-order chi connectivity index (χ1) is 8.81. The van der Waals surface area contributed by atoms with E-state index in [2.05, 4.69) is 5.32 Å². The van der Waals surface area contributed by atoms with Crippen LogP contribution in [0.1, 0.15) is 20.8 Å². The highest BCUT2D eigenvalue weighted by Crippen LogP contribution is 2.24.